The first kappa shape index (κ1) is 23.6. The lowest BCUT2D eigenvalue weighted by atomic mass is 9.94. The van der Waals surface area contributed by atoms with E-state index in [9.17, 15) is 13.2 Å². The summed E-state index contributed by atoms with van der Waals surface area (Å²) in [5, 5.41) is 3.69. The molecule has 0 saturated carbocycles. The van der Waals surface area contributed by atoms with E-state index in [0.29, 0.717) is 21.4 Å². The molecule has 1 aliphatic rings. The zero-order valence-electron chi connectivity index (χ0n) is 17.7. The number of nitrogens with zero attached hydrogens (tertiary/aromatic N) is 1. The highest BCUT2D eigenvalue weighted by molar-refractivity contribution is 7.89. The van der Waals surface area contributed by atoms with Crippen molar-refractivity contribution >= 4 is 39.1 Å². The fourth-order valence-electron chi connectivity index (χ4n) is 3.98. The van der Waals surface area contributed by atoms with E-state index in [2.05, 4.69) is 5.32 Å². The van der Waals surface area contributed by atoms with Gasteiger partial charge in [0.05, 0.1) is 18.0 Å². The fraction of sp³-hybridized carbons (Fsp3) is 0.208. The van der Waals surface area contributed by atoms with Crippen molar-refractivity contribution < 1.29 is 17.9 Å². The van der Waals surface area contributed by atoms with Crippen LogP contribution in [0.5, 0.6) is 5.75 Å². The summed E-state index contributed by atoms with van der Waals surface area (Å²) in [5.74, 6) is -0.0188. The Morgan fingerprint density at radius 3 is 2.21 bits per heavy atom. The smallest absolute Gasteiger partial charge is 0.251 e. The number of carbonyl (C=O) groups is 1. The molecule has 1 saturated heterocycles. The molecule has 1 fully saturated rings. The summed E-state index contributed by atoms with van der Waals surface area (Å²) in [6, 6.07) is 20.0. The van der Waals surface area contributed by atoms with Gasteiger partial charge in [0.15, 0.2) is 0 Å². The summed E-state index contributed by atoms with van der Waals surface area (Å²) in [5.41, 5.74) is 1.26. The minimum absolute atomic E-state index is 0.133. The minimum Gasteiger partial charge on any atom is -0.497 e. The van der Waals surface area contributed by atoms with E-state index in [1.807, 2.05) is 30.3 Å². The van der Waals surface area contributed by atoms with Gasteiger partial charge >= 0.3 is 0 Å². The number of nitrogens with one attached hydrogen (secondary N) is 1. The molecule has 6 nitrogen and oxygen atoms in total. The van der Waals surface area contributed by atoms with Gasteiger partial charge in [0.25, 0.3) is 5.91 Å². The predicted molar refractivity (Wildman–Crippen MR) is 129 cm³/mol. The Hall–Kier alpha value is -2.58. The molecule has 3 aromatic rings. The summed E-state index contributed by atoms with van der Waals surface area (Å²) < 4.78 is 33.2. The second kappa shape index (κ2) is 9.73. The summed E-state index contributed by atoms with van der Waals surface area (Å²) in [6.07, 6.45) is 0. The quantitative estimate of drug-likeness (QED) is 0.532. The molecule has 172 valence electrons. The average molecular weight is 505 g/mol. The molecule has 9 heteroatoms. The number of ether oxygens (including phenoxy) is 1. The number of amides is 1. The lowest BCUT2D eigenvalue weighted by Gasteiger charge is -2.20. The Morgan fingerprint density at radius 1 is 0.970 bits per heavy atom. The number of rotatable bonds is 6. The standard InChI is InChI=1S/C24H22Cl2N2O4S/c1-32-20-7-9-21(10-8-20)33(30,31)28-14-22(16-5-3-2-4-6-16)23(15-28)27-24(29)17-11-18(25)13-19(26)12-17/h2-13,22-23H,14-15H2,1H3,(H,27,29). The first-order chi connectivity index (χ1) is 15.8. The highest BCUT2D eigenvalue weighted by Crippen LogP contribution is 2.32. The van der Waals surface area contributed by atoms with E-state index >= 15 is 0 Å². The molecular formula is C24H22Cl2N2O4S. The Kier molecular flexibility index (Phi) is 6.95. The average Bonchev–Trinajstić information content (AvgIpc) is 3.23. The molecule has 1 aliphatic heterocycles. The van der Waals surface area contributed by atoms with Crippen molar-refractivity contribution in [2.45, 2.75) is 16.9 Å². The van der Waals surface area contributed by atoms with Crippen molar-refractivity contribution in [2.24, 2.45) is 0 Å². The second-order valence-corrected chi connectivity index (χ2v) is 10.6. The highest BCUT2D eigenvalue weighted by Gasteiger charge is 2.41. The molecule has 0 aliphatic carbocycles. The Balaban J connectivity index is 1.62. The second-order valence-electron chi connectivity index (χ2n) is 7.75. The number of benzene rings is 3. The van der Waals surface area contributed by atoms with Crippen LogP contribution in [0.1, 0.15) is 21.8 Å². The van der Waals surface area contributed by atoms with Gasteiger partial charge in [0.1, 0.15) is 5.75 Å². The topological polar surface area (TPSA) is 75.7 Å². The molecular weight excluding hydrogens is 483 g/mol. The van der Waals surface area contributed by atoms with Gasteiger partial charge in [-0.2, -0.15) is 4.31 Å². The molecule has 2 atom stereocenters. The molecule has 0 bridgehead atoms. The number of hydrogen-bond donors (Lipinski definition) is 1. The number of methoxy groups -OCH3 is 1. The van der Waals surface area contributed by atoms with E-state index in [0.717, 1.165) is 5.56 Å². The molecule has 2 unspecified atom stereocenters. The lowest BCUT2D eigenvalue weighted by Crippen LogP contribution is -2.40. The van der Waals surface area contributed by atoms with E-state index in [1.165, 1.54) is 35.7 Å². The fourth-order valence-corrected chi connectivity index (χ4v) is 6.00. The first-order valence-electron chi connectivity index (χ1n) is 10.2. The maximum absolute atomic E-state index is 13.3. The molecule has 1 amide bonds. The van der Waals surface area contributed by atoms with Gasteiger partial charge in [-0.3, -0.25) is 4.79 Å². The van der Waals surface area contributed by atoms with Crippen molar-refractivity contribution in [1.82, 2.24) is 9.62 Å². The van der Waals surface area contributed by atoms with Gasteiger partial charge < -0.3 is 10.1 Å². The van der Waals surface area contributed by atoms with Crippen molar-refractivity contribution in [3.63, 3.8) is 0 Å². The SMILES string of the molecule is COc1ccc(S(=O)(=O)N2CC(NC(=O)c3cc(Cl)cc(Cl)c3)C(c3ccccc3)C2)cc1. The molecule has 0 spiro atoms. The van der Waals surface area contributed by atoms with E-state index in [-0.39, 0.29) is 29.8 Å². The molecule has 33 heavy (non-hydrogen) atoms. The van der Waals surface area contributed by atoms with Gasteiger partial charge in [-0.15, -0.1) is 0 Å². The number of sulfonamides is 1. The first-order valence-corrected chi connectivity index (χ1v) is 12.4. The van der Waals surface area contributed by atoms with Crippen molar-refractivity contribution in [1.29, 1.82) is 0 Å². The van der Waals surface area contributed by atoms with Crippen LogP contribution in [0.15, 0.2) is 77.7 Å². The van der Waals surface area contributed by atoms with Crippen LogP contribution in [0.2, 0.25) is 10.0 Å². The maximum Gasteiger partial charge on any atom is 0.251 e. The highest BCUT2D eigenvalue weighted by atomic mass is 35.5. The monoisotopic (exact) mass is 504 g/mol. The zero-order chi connectivity index (χ0) is 23.6. The van der Waals surface area contributed by atoms with Gasteiger partial charge in [0, 0.05) is 34.6 Å². The zero-order valence-corrected chi connectivity index (χ0v) is 20.1. The van der Waals surface area contributed by atoms with Crippen LogP contribution in [0.25, 0.3) is 0 Å². The Morgan fingerprint density at radius 2 is 1.61 bits per heavy atom. The number of hydrogen-bond acceptors (Lipinski definition) is 4. The van der Waals surface area contributed by atoms with Gasteiger partial charge in [-0.25, -0.2) is 8.42 Å². The van der Waals surface area contributed by atoms with Crippen LogP contribution < -0.4 is 10.1 Å². The van der Waals surface area contributed by atoms with E-state index in [1.54, 1.807) is 18.2 Å². The van der Waals surface area contributed by atoms with Gasteiger partial charge in [0.2, 0.25) is 10.0 Å². The third kappa shape index (κ3) is 5.17. The van der Waals surface area contributed by atoms with Crippen molar-refractivity contribution in [3.05, 3.63) is 94.0 Å². The van der Waals surface area contributed by atoms with Crippen LogP contribution in [-0.2, 0) is 10.0 Å². The number of carbonyl (C=O) groups excluding carboxylic acids is 1. The maximum atomic E-state index is 13.3. The van der Waals surface area contributed by atoms with Crippen LogP contribution >= 0.6 is 23.2 Å². The predicted octanol–water partition coefficient (Wildman–Crippen LogP) is 4.59. The lowest BCUT2D eigenvalue weighted by molar-refractivity contribution is 0.0936. The Bertz CT molecular complexity index is 1230. The van der Waals surface area contributed by atoms with E-state index in [4.69, 9.17) is 27.9 Å². The van der Waals surface area contributed by atoms with Crippen molar-refractivity contribution in [2.75, 3.05) is 20.2 Å². The molecule has 4 rings (SSSR count). The third-order valence-corrected chi connectivity index (χ3v) is 7.93. The van der Waals surface area contributed by atoms with E-state index < -0.39 is 16.1 Å². The summed E-state index contributed by atoms with van der Waals surface area (Å²) in [4.78, 5) is 13.1. The van der Waals surface area contributed by atoms with Crippen LogP contribution in [0, 0.1) is 0 Å². The van der Waals surface area contributed by atoms with Gasteiger partial charge in [-0.1, -0.05) is 53.5 Å². The van der Waals surface area contributed by atoms with Crippen molar-refractivity contribution in [3.8, 4) is 5.75 Å². The molecule has 1 N–H and O–H groups in total. The normalized spacial score (nSPS) is 18.8. The number of halogens is 2. The molecule has 1 heterocycles. The molecule has 3 aromatic carbocycles. The molecule has 0 aromatic heterocycles. The summed E-state index contributed by atoms with van der Waals surface area (Å²) >= 11 is 12.1. The largest absolute Gasteiger partial charge is 0.497 e. The third-order valence-electron chi connectivity index (χ3n) is 5.65. The summed E-state index contributed by atoms with van der Waals surface area (Å²) in [6.45, 7) is 0.369. The van der Waals surface area contributed by atoms with Crippen LogP contribution in [-0.4, -0.2) is 44.9 Å². The Labute approximate surface area is 203 Å². The minimum atomic E-state index is -3.77. The summed E-state index contributed by atoms with van der Waals surface area (Å²) in [7, 11) is -2.24. The molecule has 0 radical (unpaired) electrons. The van der Waals surface area contributed by atoms with Crippen LogP contribution in [0.4, 0.5) is 0 Å². The van der Waals surface area contributed by atoms with Crippen LogP contribution in [0.3, 0.4) is 0 Å². The van der Waals surface area contributed by atoms with Gasteiger partial charge in [-0.05, 0) is 48.0 Å².